The number of Topliss-reactive ketones (excluding diaryl/α,β-unsaturated/α-hetero) is 1. The Labute approximate surface area is 246 Å². The van der Waals surface area contributed by atoms with Crippen LogP contribution in [0.3, 0.4) is 0 Å². The van der Waals surface area contributed by atoms with Gasteiger partial charge in [-0.1, -0.05) is 29.8 Å². The van der Waals surface area contributed by atoms with E-state index in [-0.39, 0.29) is 24.0 Å². The number of nitrogens with zero attached hydrogens (tertiary/aromatic N) is 2. The van der Waals surface area contributed by atoms with Gasteiger partial charge in [-0.3, -0.25) is 14.6 Å². The van der Waals surface area contributed by atoms with Crippen molar-refractivity contribution in [1.29, 1.82) is 0 Å². The van der Waals surface area contributed by atoms with Crippen molar-refractivity contribution in [3.8, 4) is 0 Å². The normalized spacial score (nSPS) is 20.6. The third-order valence-corrected chi connectivity index (χ3v) is 8.61. The number of alkyl halides is 3. The molecule has 2 aromatic carbocycles. The summed E-state index contributed by atoms with van der Waals surface area (Å²) < 4.78 is 39.2. The second kappa shape index (κ2) is 11.5. The summed E-state index contributed by atoms with van der Waals surface area (Å²) in [7, 11) is 0. The highest BCUT2D eigenvalue weighted by Gasteiger charge is 2.42. The maximum Gasteiger partial charge on any atom is 0.416 e. The predicted octanol–water partition coefficient (Wildman–Crippen LogP) is 6.08. The van der Waals surface area contributed by atoms with Gasteiger partial charge in [0.2, 0.25) is 5.91 Å². The fraction of sp³-hybridized carbons (Fsp3) is 0.344. The van der Waals surface area contributed by atoms with Crippen molar-refractivity contribution in [2.75, 3.05) is 13.1 Å². The molecule has 0 saturated carbocycles. The summed E-state index contributed by atoms with van der Waals surface area (Å²) in [6, 6.07) is 13.3. The second-order valence-electron chi connectivity index (χ2n) is 11.2. The number of aromatic nitrogens is 2. The molecular formula is C32H30ClF3N4O2. The Kier molecular flexibility index (Phi) is 7.81. The van der Waals surface area contributed by atoms with Gasteiger partial charge in [-0.15, -0.1) is 0 Å². The van der Waals surface area contributed by atoms with Gasteiger partial charge in [0.25, 0.3) is 0 Å². The Morgan fingerprint density at radius 2 is 1.88 bits per heavy atom. The number of rotatable bonds is 7. The fourth-order valence-electron chi connectivity index (χ4n) is 6.29. The van der Waals surface area contributed by atoms with Gasteiger partial charge in [0.1, 0.15) is 6.04 Å². The molecule has 2 aliphatic heterocycles. The molecule has 0 aliphatic carbocycles. The van der Waals surface area contributed by atoms with Gasteiger partial charge < -0.3 is 15.2 Å². The summed E-state index contributed by atoms with van der Waals surface area (Å²) in [5.74, 6) is -0.252. The van der Waals surface area contributed by atoms with Crippen LogP contribution in [0.5, 0.6) is 0 Å². The zero-order chi connectivity index (χ0) is 29.4. The van der Waals surface area contributed by atoms with Crippen molar-refractivity contribution in [1.82, 2.24) is 20.2 Å². The lowest BCUT2D eigenvalue weighted by atomic mass is 9.93. The molecule has 4 heterocycles. The molecule has 4 aromatic rings. The molecule has 42 heavy (non-hydrogen) atoms. The molecule has 0 radical (unpaired) electrons. The van der Waals surface area contributed by atoms with Gasteiger partial charge in [0.05, 0.1) is 11.6 Å². The van der Waals surface area contributed by atoms with E-state index in [0.29, 0.717) is 37.4 Å². The van der Waals surface area contributed by atoms with Crippen LogP contribution < -0.4 is 5.32 Å². The number of pyridine rings is 1. The van der Waals surface area contributed by atoms with Crippen LogP contribution in [0.15, 0.2) is 67.0 Å². The molecule has 0 spiro atoms. The number of likely N-dealkylation sites (tertiary alicyclic amines) is 1. The van der Waals surface area contributed by atoms with Gasteiger partial charge in [0, 0.05) is 53.5 Å². The van der Waals surface area contributed by atoms with Crippen molar-refractivity contribution in [2.24, 2.45) is 5.92 Å². The van der Waals surface area contributed by atoms with Crippen LogP contribution in [0.2, 0.25) is 5.02 Å². The van der Waals surface area contributed by atoms with E-state index in [4.69, 9.17) is 11.6 Å². The summed E-state index contributed by atoms with van der Waals surface area (Å²) in [5, 5.41) is 4.91. The first-order chi connectivity index (χ1) is 20.2. The monoisotopic (exact) mass is 594 g/mol. The number of amides is 1. The minimum atomic E-state index is -4.40. The number of ketones is 1. The molecule has 6 rings (SSSR count). The van der Waals surface area contributed by atoms with Crippen molar-refractivity contribution in [3.05, 3.63) is 100.0 Å². The highest BCUT2D eigenvalue weighted by atomic mass is 35.5. The van der Waals surface area contributed by atoms with Crippen LogP contribution in [0.1, 0.15) is 46.8 Å². The fourth-order valence-corrected chi connectivity index (χ4v) is 6.49. The molecule has 1 saturated heterocycles. The van der Waals surface area contributed by atoms with Gasteiger partial charge >= 0.3 is 6.18 Å². The van der Waals surface area contributed by atoms with Crippen LogP contribution >= 0.6 is 11.6 Å². The Morgan fingerprint density at radius 3 is 2.64 bits per heavy atom. The van der Waals surface area contributed by atoms with E-state index in [1.165, 1.54) is 12.1 Å². The van der Waals surface area contributed by atoms with E-state index < -0.39 is 23.8 Å². The highest BCUT2D eigenvalue weighted by molar-refractivity contribution is 6.30. The number of H-pyrrole nitrogens is 1. The molecule has 3 atom stereocenters. The zero-order valence-corrected chi connectivity index (χ0v) is 23.5. The van der Waals surface area contributed by atoms with Gasteiger partial charge in [-0.05, 0) is 84.7 Å². The molecule has 1 amide bonds. The molecule has 2 N–H and O–H groups in total. The molecule has 10 heteroatoms. The molecule has 2 aromatic heterocycles. The third-order valence-electron chi connectivity index (χ3n) is 8.37. The lowest BCUT2D eigenvalue weighted by molar-refractivity contribution is -0.139. The Morgan fingerprint density at radius 1 is 1.07 bits per heavy atom. The average Bonchev–Trinajstić information content (AvgIpc) is 3.59. The second-order valence-corrected chi connectivity index (χ2v) is 11.6. The van der Waals surface area contributed by atoms with Crippen LogP contribution in [0, 0.1) is 5.92 Å². The Bertz CT molecular complexity index is 1590. The van der Waals surface area contributed by atoms with E-state index in [1.54, 1.807) is 23.4 Å². The van der Waals surface area contributed by atoms with E-state index in [9.17, 15) is 22.8 Å². The molecule has 2 aliphatic rings. The maximum absolute atomic E-state index is 14.0. The number of carbonyl (C=O) groups is 2. The molecule has 3 unspecified atom stereocenters. The molecular weight excluding hydrogens is 565 g/mol. The van der Waals surface area contributed by atoms with E-state index >= 15 is 0 Å². The number of hydrogen-bond acceptors (Lipinski definition) is 4. The molecule has 6 nitrogen and oxygen atoms in total. The van der Waals surface area contributed by atoms with Gasteiger partial charge in [-0.2, -0.15) is 13.2 Å². The number of aryl methyl sites for hydroxylation is 1. The molecule has 0 bridgehead atoms. The van der Waals surface area contributed by atoms with Crippen molar-refractivity contribution in [2.45, 2.75) is 50.4 Å². The Balaban J connectivity index is 1.22. The minimum Gasteiger partial charge on any atom is -0.358 e. The summed E-state index contributed by atoms with van der Waals surface area (Å²) in [6.07, 6.45) is 1.51. The Hall–Kier alpha value is -3.69. The molecule has 1 fully saturated rings. The minimum absolute atomic E-state index is 0.0258. The largest absolute Gasteiger partial charge is 0.416 e. The summed E-state index contributed by atoms with van der Waals surface area (Å²) in [5.41, 5.74) is 3.79. The number of carbonyl (C=O) groups excluding carboxylic acids is 2. The maximum atomic E-state index is 14.0. The number of fused-ring (bicyclic) bond motifs is 2. The predicted molar refractivity (Wildman–Crippen MR) is 154 cm³/mol. The van der Waals surface area contributed by atoms with Gasteiger partial charge in [0.15, 0.2) is 5.78 Å². The standard InChI is InChI=1S/C32H30ClF3N4O2/c33-24-5-7-26-21(15-24)9-12-38-30(26)31(42)40-18-20(13-19-1-3-23(4-2-19)32(34,35)36)14-28(40)29(41)8-6-25-16-22-17-37-11-10-27(22)39-25/h1-5,7,10-11,15-17,20,28,30,38-39H,6,8-9,12-14,18H2. The quantitative estimate of drug-likeness (QED) is 0.272. The first-order valence-electron chi connectivity index (χ1n) is 14.1. The van der Waals surface area contributed by atoms with Crippen LogP contribution in [0.4, 0.5) is 13.2 Å². The van der Waals surface area contributed by atoms with Crippen LogP contribution in [0.25, 0.3) is 10.9 Å². The number of nitrogens with one attached hydrogen (secondary N) is 2. The van der Waals surface area contributed by atoms with E-state index in [2.05, 4.69) is 15.3 Å². The number of hydrogen-bond donors (Lipinski definition) is 2. The first kappa shape index (κ1) is 28.4. The zero-order valence-electron chi connectivity index (χ0n) is 22.8. The number of halogens is 4. The van der Waals surface area contributed by atoms with E-state index in [0.717, 1.165) is 51.8 Å². The average molecular weight is 595 g/mol. The highest BCUT2D eigenvalue weighted by Crippen LogP contribution is 2.34. The summed E-state index contributed by atoms with van der Waals surface area (Å²) in [6.45, 7) is 0.968. The van der Waals surface area contributed by atoms with Crippen molar-refractivity contribution in [3.63, 3.8) is 0 Å². The smallest absolute Gasteiger partial charge is 0.358 e. The first-order valence-corrected chi connectivity index (χ1v) is 14.5. The number of benzene rings is 2. The van der Waals surface area contributed by atoms with Crippen LogP contribution in [-0.4, -0.2) is 45.7 Å². The van der Waals surface area contributed by atoms with Crippen molar-refractivity contribution >= 4 is 34.2 Å². The number of aromatic amines is 1. The topological polar surface area (TPSA) is 78.1 Å². The van der Waals surface area contributed by atoms with Crippen molar-refractivity contribution < 1.29 is 22.8 Å². The summed E-state index contributed by atoms with van der Waals surface area (Å²) in [4.78, 5) is 36.9. The van der Waals surface area contributed by atoms with Gasteiger partial charge in [-0.25, -0.2) is 0 Å². The lowest BCUT2D eigenvalue weighted by Gasteiger charge is -2.32. The van der Waals surface area contributed by atoms with Crippen LogP contribution in [-0.2, 0) is 35.0 Å². The van der Waals surface area contributed by atoms with E-state index in [1.807, 2.05) is 24.3 Å². The SMILES string of the molecule is O=C(CCc1cc2cnccc2[nH]1)C1CC(Cc2ccc(C(F)(F)F)cc2)CN1C(=O)C1NCCc2cc(Cl)ccc21. The third kappa shape index (κ3) is 5.94. The molecule has 218 valence electrons. The summed E-state index contributed by atoms with van der Waals surface area (Å²) >= 11 is 6.21. The lowest BCUT2D eigenvalue weighted by Crippen LogP contribution is -2.48.